The van der Waals surface area contributed by atoms with E-state index in [4.69, 9.17) is 5.73 Å². The maximum atomic E-state index is 12.3. The molecule has 0 saturated carbocycles. The van der Waals surface area contributed by atoms with Gasteiger partial charge >= 0.3 is 6.61 Å². The highest BCUT2D eigenvalue weighted by Gasteiger charge is 2.16. The number of aryl methyl sites for hydroxylation is 1. The first kappa shape index (κ1) is 14.8. The van der Waals surface area contributed by atoms with Crippen LogP contribution in [-0.2, 0) is 0 Å². The fourth-order valence-electron chi connectivity index (χ4n) is 1.90. The van der Waals surface area contributed by atoms with Gasteiger partial charge in [-0.25, -0.2) is 0 Å². The predicted octanol–water partition coefficient (Wildman–Crippen LogP) is 3.43. The molecule has 2 aromatic rings. The summed E-state index contributed by atoms with van der Waals surface area (Å²) >= 11 is 0. The maximum Gasteiger partial charge on any atom is 0.387 e. The molecule has 0 saturated heterocycles. The molecule has 0 spiro atoms. The van der Waals surface area contributed by atoms with Crippen molar-refractivity contribution in [3.8, 4) is 5.75 Å². The van der Waals surface area contributed by atoms with Crippen LogP contribution in [0, 0.1) is 6.92 Å². The molecule has 2 rings (SSSR count). The van der Waals surface area contributed by atoms with E-state index in [2.05, 4.69) is 10.1 Å². The average molecular weight is 292 g/mol. The van der Waals surface area contributed by atoms with Gasteiger partial charge in [-0.3, -0.25) is 4.79 Å². The van der Waals surface area contributed by atoms with Gasteiger partial charge in [0.05, 0.1) is 16.9 Å². The lowest BCUT2D eigenvalue weighted by Crippen LogP contribution is -2.16. The number of hydrogen-bond acceptors (Lipinski definition) is 3. The fraction of sp³-hybridized carbons (Fsp3) is 0.133. The molecule has 110 valence electrons. The number of rotatable bonds is 4. The van der Waals surface area contributed by atoms with E-state index in [1.165, 1.54) is 18.2 Å². The molecule has 0 fully saturated rings. The van der Waals surface area contributed by atoms with Crippen LogP contribution >= 0.6 is 0 Å². The van der Waals surface area contributed by atoms with Crippen molar-refractivity contribution in [3.05, 3.63) is 53.6 Å². The van der Waals surface area contributed by atoms with E-state index in [1.54, 1.807) is 31.2 Å². The summed E-state index contributed by atoms with van der Waals surface area (Å²) < 4.78 is 29.0. The summed E-state index contributed by atoms with van der Waals surface area (Å²) in [4.78, 5) is 12.2. The molecular weight excluding hydrogens is 278 g/mol. The zero-order valence-corrected chi connectivity index (χ0v) is 11.3. The molecule has 0 atom stereocenters. The molecule has 0 aliphatic carbocycles. The summed E-state index contributed by atoms with van der Waals surface area (Å²) in [7, 11) is 0. The number of ether oxygens (including phenoxy) is 1. The number of halogens is 2. The molecule has 21 heavy (non-hydrogen) atoms. The van der Waals surface area contributed by atoms with E-state index < -0.39 is 12.5 Å². The van der Waals surface area contributed by atoms with Gasteiger partial charge in [0.25, 0.3) is 5.91 Å². The van der Waals surface area contributed by atoms with Crippen molar-refractivity contribution in [3.63, 3.8) is 0 Å². The molecule has 0 heterocycles. The summed E-state index contributed by atoms with van der Waals surface area (Å²) in [6, 6.07) is 11.0. The van der Waals surface area contributed by atoms with Gasteiger partial charge < -0.3 is 15.8 Å². The SMILES string of the molecule is Cc1cccc(N)c1NC(=O)c1ccccc1OC(F)F. The van der Waals surface area contributed by atoms with Crippen molar-refractivity contribution in [1.82, 2.24) is 0 Å². The summed E-state index contributed by atoms with van der Waals surface area (Å²) in [5.74, 6) is -0.746. The minimum Gasteiger partial charge on any atom is -0.434 e. The van der Waals surface area contributed by atoms with Crippen molar-refractivity contribution in [2.24, 2.45) is 0 Å². The molecule has 0 aromatic heterocycles. The summed E-state index contributed by atoms with van der Waals surface area (Å²) in [6.07, 6.45) is 0. The number of hydrogen-bond donors (Lipinski definition) is 2. The maximum absolute atomic E-state index is 12.3. The Morgan fingerprint density at radius 3 is 2.57 bits per heavy atom. The van der Waals surface area contributed by atoms with Crippen LogP contribution < -0.4 is 15.8 Å². The quantitative estimate of drug-likeness (QED) is 0.848. The summed E-state index contributed by atoms with van der Waals surface area (Å²) in [5.41, 5.74) is 7.44. The lowest BCUT2D eigenvalue weighted by Gasteiger charge is -2.13. The largest absolute Gasteiger partial charge is 0.434 e. The molecule has 0 bridgehead atoms. The van der Waals surface area contributed by atoms with Gasteiger partial charge in [0.2, 0.25) is 0 Å². The van der Waals surface area contributed by atoms with Crippen molar-refractivity contribution in [2.75, 3.05) is 11.1 Å². The Hall–Kier alpha value is -2.63. The number of nitrogens with one attached hydrogen (secondary N) is 1. The molecule has 4 nitrogen and oxygen atoms in total. The second kappa shape index (κ2) is 6.21. The minimum atomic E-state index is -3.00. The van der Waals surface area contributed by atoms with E-state index in [0.29, 0.717) is 11.4 Å². The van der Waals surface area contributed by atoms with Crippen molar-refractivity contribution in [1.29, 1.82) is 0 Å². The Morgan fingerprint density at radius 1 is 1.19 bits per heavy atom. The monoisotopic (exact) mass is 292 g/mol. The third kappa shape index (κ3) is 3.47. The Balaban J connectivity index is 2.29. The van der Waals surface area contributed by atoms with Gasteiger partial charge in [-0.05, 0) is 30.7 Å². The molecule has 3 N–H and O–H groups in total. The Morgan fingerprint density at radius 2 is 1.90 bits per heavy atom. The first-order chi connectivity index (χ1) is 9.99. The topological polar surface area (TPSA) is 64.3 Å². The van der Waals surface area contributed by atoms with Gasteiger partial charge in [0, 0.05) is 0 Å². The van der Waals surface area contributed by atoms with Crippen molar-refractivity contribution in [2.45, 2.75) is 13.5 Å². The van der Waals surface area contributed by atoms with Crippen molar-refractivity contribution >= 4 is 17.3 Å². The van der Waals surface area contributed by atoms with Crippen molar-refractivity contribution < 1.29 is 18.3 Å². The van der Waals surface area contributed by atoms with Crippen LogP contribution in [0.15, 0.2) is 42.5 Å². The first-order valence-corrected chi connectivity index (χ1v) is 6.19. The summed E-state index contributed by atoms with van der Waals surface area (Å²) in [6.45, 7) is -1.21. The number of para-hydroxylation sites is 2. The summed E-state index contributed by atoms with van der Waals surface area (Å²) in [5, 5.41) is 2.62. The Kier molecular flexibility index (Phi) is 4.37. The van der Waals surface area contributed by atoms with E-state index in [1.807, 2.05) is 0 Å². The predicted molar refractivity (Wildman–Crippen MR) is 76.6 cm³/mol. The number of carbonyl (C=O) groups excluding carboxylic acids is 1. The van der Waals surface area contributed by atoms with Crippen LogP contribution in [0.1, 0.15) is 15.9 Å². The number of alkyl halides is 2. The Bertz CT molecular complexity index is 640. The first-order valence-electron chi connectivity index (χ1n) is 6.19. The van der Waals surface area contributed by atoms with Gasteiger partial charge in [0.15, 0.2) is 0 Å². The van der Waals surface area contributed by atoms with Crippen LogP contribution in [0.3, 0.4) is 0 Å². The number of amides is 1. The number of anilines is 2. The molecule has 1 amide bonds. The number of nitrogen functional groups attached to an aromatic ring is 1. The molecule has 2 aromatic carbocycles. The molecule has 0 radical (unpaired) electrons. The highest BCUT2D eigenvalue weighted by Crippen LogP contribution is 2.26. The highest BCUT2D eigenvalue weighted by molar-refractivity contribution is 6.07. The van der Waals surface area contributed by atoms with Gasteiger partial charge in [-0.1, -0.05) is 24.3 Å². The minimum absolute atomic E-state index is 0.0143. The fourth-order valence-corrected chi connectivity index (χ4v) is 1.90. The van der Waals surface area contributed by atoms with Gasteiger partial charge in [-0.15, -0.1) is 0 Å². The molecule has 0 aliphatic rings. The standard InChI is InChI=1S/C15H14F2N2O2/c1-9-5-4-7-11(18)13(9)19-14(20)10-6-2-3-8-12(10)21-15(16)17/h2-8,15H,18H2,1H3,(H,19,20). The second-order valence-corrected chi connectivity index (χ2v) is 4.37. The highest BCUT2D eigenvalue weighted by atomic mass is 19.3. The lowest BCUT2D eigenvalue weighted by molar-refractivity contribution is -0.0501. The third-order valence-corrected chi connectivity index (χ3v) is 2.89. The van der Waals surface area contributed by atoms with E-state index in [9.17, 15) is 13.6 Å². The number of carbonyl (C=O) groups is 1. The van der Waals surface area contributed by atoms with Gasteiger partial charge in [0.1, 0.15) is 5.75 Å². The van der Waals surface area contributed by atoms with Crippen LogP contribution in [0.4, 0.5) is 20.2 Å². The van der Waals surface area contributed by atoms with Crippen LogP contribution in [0.25, 0.3) is 0 Å². The zero-order chi connectivity index (χ0) is 15.4. The number of nitrogens with two attached hydrogens (primary N) is 1. The number of benzene rings is 2. The Labute approximate surface area is 120 Å². The van der Waals surface area contributed by atoms with E-state index >= 15 is 0 Å². The van der Waals surface area contributed by atoms with Crippen LogP contribution in [-0.4, -0.2) is 12.5 Å². The zero-order valence-electron chi connectivity index (χ0n) is 11.3. The molecule has 6 heteroatoms. The van der Waals surface area contributed by atoms with Crippen LogP contribution in [0.2, 0.25) is 0 Å². The average Bonchev–Trinajstić information content (AvgIpc) is 2.43. The molecule has 0 aliphatic heterocycles. The third-order valence-electron chi connectivity index (χ3n) is 2.89. The van der Waals surface area contributed by atoms with E-state index in [0.717, 1.165) is 5.56 Å². The molecular formula is C15H14F2N2O2. The van der Waals surface area contributed by atoms with Gasteiger partial charge in [-0.2, -0.15) is 8.78 Å². The normalized spacial score (nSPS) is 10.5. The molecule has 0 unspecified atom stereocenters. The smallest absolute Gasteiger partial charge is 0.387 e. The van der Waals surface area contributed by atoms with E-state index in [-0.39, 0.29) is 11.3 Å². The lowest BCUT2D eigenvalue weighted by atomic mass is 10.1. The van der Waals surface area contributed by atoms with Crippen LogP contribution in [0.5, 0.6) is 5.75 Å². The second-order valence-electron chi connectivity index (χ2n) is 4.37.